The molecule has 2 aromatic heterocycles. The van der Waals surface area contributed by atoms with E-state index in [1.54, 1.807) is 0 Å². The van der Waals surface area contributed by atoms with E-state index >= 15 is 0 Å². The molecular formula is C17H25N5S. The molecule has 23 heavy (non-hydrogen) atoms. The van der Waals surface area contributed by atoms with Gasteiger partial charge in [-0.05, 0) is 39.0 Å². The van der Waals surface area contributed by atoms with Gasteiger partial charge in [0, 0.05) is 43.3 Å². The van der Waals surface area contributed by atoms with Crippen molar-refractivity contribution in [1.82, 2.24) is 20.1 Å². The third-order valence-corrected chi connectivity index (χ3v) is 6.10. The number of nitrogens with zero attached hydrogens (tertiary/aromatic N) is 4. The van der Waals surface area contributed by atoms with Crippen molar-refractivity contribution in [1.29, 1.82) is 0 Å². The van der Waals surface area contributed by atoms with Crippen LogP contribution >= 0.6 is 11.3 Å². The lowest BCUT2D eigenvalue weighted by Crippen LogP contribution is -2.47. The van der Waals surface area contributed by atoms with Gasteiger partial charge < -0.3 is 10.2 Å². The fraction of sp³-hybridized carbons (Fsp3) is 0.647. The molecule has 1 aliphatic heterocycles. The summed E-state index contributed by atoms with van der Waals surface area (Å²) >= 11 is 1.89. The molecule has 5 nitrogen and oxygen atoms in total. The number of aryl methyl sites for hydroxylation is 3. The minimum absolute atomic E-state index is 0.504. The van der Waals surface area contributed by atoms with Crippen molar-refractivity contribution in [2.24, 2.45) is 7.05 Å². The predicted octanol–water partition coefficient (Wildman–Crippen LogP) is 2.82. The van der Waals surface area contributed by atoms with Crippen LogP contribution in [0.4, 0.5) is 5.69 Å². The molecule has 1 aliphatic carbocycles. The van der Waals surface area contributed by atoms with Crippen LogP contribution in [0.25, 0.3) is 0 Å². The molecule has 0 aromatic carbocycles. The van der Waals surface area contributed by atoms with E-state index in [4.69, 9.17) is 4.98 Å². The number of piperidine rings is 1. The summed E-state index contributed by atoms with van der Waals surface area (Å²) in [6, 6.07) is 1.06. The molecular weight excluding hydrogens is 306 g/mol. The highest BCUT2D eigenvalue weighted by atomic mass is 32.1. The first-order valence-corrected chi connectivity index (χ1v) is 9.46. The van der Waals surface area contributed by atoms with Crippen LogP contribution in [-0.4, -0.2) is 33.9 Å². The van der Waals surface area contributed by atoms with Crippen molar-refractivity contribution in [3.05, 3.63) is 28.0 Å². The minimum Gasteiger partial charge on any atom is -0.367 e. The summed E-state index contributed by atoms with van der Waals surface area (Å²) in [6.45, 7) is 4.35. The second kappa shape index (κ2) is 6.24. The van der Waals surface area contributed by atoms with E-state index in [9.17, 15) is 0 Å². The molecule has 2 aromatic rings. The van der Waals surface area contributed by atoms with Crippen molar-refractivity contribution in [3.8, 4) is 0 Å². The summed E-state index contributed by atoms with van der Waals surface area (Å²) in [5, 5.41) is 9.46. The Morgan fingerprint density at radius 3 is 3.04 bits per heavy atom. The molecule has 1 saturated heterocycles. The first-order valence-electron chi connectivity index (χ1n) is 8.65. The molecule has 0 radical (unpaired) electrons. The van der Waals surface area contributed by atoms with Gasteiger partial charge in [0.15, 0.2) is 0 Å². The number of thiazole rings is 1. The van der Waals surface area contributed by atoms with Gasteiger partial charge in [-0.15, -0.1) is 11.3 Å². The Hall–Kier alpha value is -1.40. The molecule has 0 amide bonds. The van der Waals surface area contributed by atoms with Crippen molar-refractivity contribution in [3.63, 3.8) is 0 Å². The minimum atomic E-state index is 0.504. The molecule has 124 valence electrons. The molecule has 0 saturated carbocycles. The summed E-state index contributed by atoms with van der Waals surface area (Å²) in [4.78, 5) is 8.68. The maximum Gasteiger partial charge on any atom is 0.0900 e. The first-order chi connectivity index (χ1) is 11.2. The molecule has 1 fully saturated rings. The summed E-state index contributed by atoms with van der Waals surface area (Å²) < 4.78 is 1.89. The fourth-order valence-electron chi connectivity index (χ4n) is 3.90. The van der Waals surface area contributed by atoms with Gasteiger partial charge in [0.2, 0.25) is 0 Å². The van der Waals surface area contributed by atoms with E-state index in [1.165, 1.54) is 46.9 Å². The molecule has 1 N–H and O–H groups in total. The molecule has 0 unspecified atom stereocenters. The lowest BCUT2D eigenvalue weighted by molar-refractivity contribution is 0.355. The highest BCUT2D eigenvalue weighted by Gasteiger charge is 2.28. The number of aromatic nitrogens is 3. The number of rotatable bonds is 3. The van der Waals surface area contributed by atoms with Crippen molar-refractivity contribution >= 4 is 17.0 Å². The summed E-state index contributed by atoms with van der Waals surface area (Å²) in [6.07, 6.45) is 10.3. The first kappa shape index (κ1) is 15.1. The lowest BCUT2D eigenvalue weighted by Gasteiger charge is -2.36. The maximum atomic E-state index is 4.72. The maximum absolute atomic E-state index is 4.72. The zero-order valence-electron chi connectivity index (χ0n) is 14.0. The Labute approximate surface area is 141 Å². The van der Waals surface area contributed by atoms with Gasteiger partial charge in [0.25, 0.3) is 0 Å². The Balaban J connectivity index is 1.45. The number of hydrogen-bond donors (Lipinski definition) is 1. The van der Waals surface area contributed by atoms with Crippen LogP contribution in [0.5, 0.6) is 0 Å². The summed E-state index contributed by atoms with van der Waals surface area (Å²) in [5.74, 6) is 0. The highest BCUT2D eigenvalue weighted by molar-refractivity contribution is 7.11. The van der Waals surface area contributed by atoms with Crippen LogP contribution in [0.3, 0.4) is 0 Å². The third kappa shape index (κ3) is 3.15. The molecule has 2 atom stereocenters. The van der Waals surface area contributed by atoms with Gasteiger partial charge in [0.1, 0.15) is 0 Å². The van der Waals surface area contributed by atoms with Crippen LogP contribution in [0.2, 0.25) is 0 Å². The number of fused-ring (bicyclic) bond motifs is 1. The highest BCUT2D eigenvalue weighted by Crippen LogP contribution is 2.35. The van der Waals surface area contributed by atoms with Gasteiger partial charge in [-0.1, -0.05) is 0 Å². The lowest BCUT2D eigenvalue weighted by atomic mass is 9.96. The van der Waals surface area contributed by atoms with Gasteiger partial charge in [-0.25, -0.2) is 4.98 Å². The SMILES string of the molecule is Cc1nc2c(s1)[C@H](N[C@H]1CCCN(c3cnn(C)c3)C1)CCC2. The van der Waals surface area contributed by atoms with Gasteiger partial charge in [-0.2, -0.15) is 5.10 Å². The topological polar surface area (TPSA) is 46.0 Å². The standard InChI is InChI=1S/C17H25N5S/c1-12-19-15-6-3-7-16(17(15)23-12)20-13-5-4-8-22(10-13)14-9-18-21(2)11-14/h9,11,13,16,20H,3-8,10H2,1-2H3/t13-,16+/m0/s1. The molecule has 4 rings (SSSR count). The Bertz CT molecular complexity index is 676. The average Bonchev–Trinajstić information content (AvgIpc) is 3.13. The smallest absolute Gasteiger partial charge is 0.0900 e. The second-order valence-electron chi connectivity index (χ2n) is 6.81. The van der Waals surface area contributed by atoms with Crippen LogP contribution in [0, 0.1) is 6.92 Å². The van der Waals surface area contributed by atoms with Crippen molar-refractivity contribution in [2.75, 3.05) is 18.0 Å². The molecule has 6 heteroatoms. The van der Waals surface area contributed by atoms with Gasteiger partial charge in [-0.3, -0.25) is 4.68 Å². The van der Waals surface area contributed by atoms with E-state index < -0.39 is 0 Å². The zero-order chi connectivity index (χ0) is 15.8. The third-order valence-electron chi connectivity index (χ3n) is 4.97. The van der Waals surface area contributed by atoms with E-state index in [-0.39, 0.29) is 0 Å². The van der Waals surface area contributed by atoms with E-state index in [2.05, 4.69) is 28.4 Å². The van der Waals surface area contributed by atoms with Crippen molar-refractivity contribution in [2.45, 2.75) is 51.1 Å². The van der Waals surface area contributed by atoms with Gasteiger partial charge >= 0.3 is 0 Å². The number of nitrogens with one attached hydrogen (secondary N) is 1. The number of anilines is 1. The number of hydrogen-bond acceptors (Lipinski definition) is 5. The zero-order valence-corrected chi connectivity index (χ0v) is 14.8. The second-order valence-corrected chi connectivity index (χ2v) is 8.05. The molecule has 0 spiro atoms. The molecule has 3 heterocycles. The van der Waals surface area contributed by atoms with Crippen LogP contribution in [-0.2, 0) is 13.5 Å². The van der Waals surface area contributed by atoms with Crippen LogP contribution in [0.15, 0.2) is 12.4 Å². The molecule has 0 bridgehead atoms. The van der Waals surface area contributed by atoms with Crippen LogP contribution in [0.1, 0.15) is 47.3 Å². The Morgan fingerprint density at radius 2 is 2.22 bits per heavy atom. The monoisotopic (exact) mass is 331 g/mol. The van der Waals surface area contributed by atoms with E-state index in [0.29, 0.717) is 12.1 Å². The Morgan fingerprint density at radius 1 is 1.30 bits per heavy atom. The molecule has 2 aliphatic rings. The van der Waals surface area contributed by atoms with E-state index in [0.717, 1.165) is 19.5 Å². The van der Waals surface area contributed by atoms with Crippen LogP contribution < -0.4 is 10.2 Å². The van der Waals surface area contributed by atoms with E-state index in [1.807, 2.05) is 29.3 Å². The predicted molar refractivity (Wildman–Crippen MR) is 94.1 cm³/mol. The summed E-state index contributed by atoms with van der Waals surface area (Å²) in [5.41, 5.74) is 2.59. The Kier molecular flexibility index (Phi) is 4.11. The largest absolute Gasteiger partial charge is 0.367 e. The average molecular weight is 331 g/mol. The normalized spacial score (nSPS) is 24.7. The quantitative estimate of drug-likeness (QED) is 0.939. The fourth-order valence-corrected chi connectivity index (χ4v) is 4.97. The van der Waals surface area contributed by atoms with Crippen molar-refractivity contribution < 1.29 is 0 Å². The van der Waals surface area contributed by atoms with Gasteiger partial charge in [0.05, 0.1) is 22.6 Å². The summed E-state index contributed by atoms with van der Waals surface area (Å²) in [7, 11) is 1.98.